The van der Waals surface area contributed by atoms with Gasteiger partial charge in [0.25, 0.3) is 5.91 Å². The molecule has 162 valence electrons. The number of carbonyl (C=O) groups excluding carboxylic acids is 1. The van der Waals surface area contributed by atoms with Crippen molar-refractivity contribution in [3.63, 3.8) is 0 Å². The summed E-state index contributed by atoms with van der Waals surface area (Å²) in [5.41, 5.74) is 1.67. The first-order valence-electron chi connectivity index (χ1n) is 9.49. The highest BCUT2D eigenvalue weighted by atomic mass is 32.1. The second kappa shape index (κ2) is 9.61. The van der Waals surface area contributed by atoms with Gasteiger partial charge < -0.3 is 10.1 Å². The first-order chi connectivity index (χ1) is 15.5. The van der Waals surface area contributed by atoms with Gasteiger partial charge in [0.1, 0.15) is 28.9 Å². The van der Waals surface area contributed by atoms with Gasteiger partial charge >= 0.3 is 0 Å². The molecule has 0 saturated heterocycles. The summed E-state index contributed by atoms with van der Waals surface area (Å²) < 4.78 is 46.4. The summed E-state index contributed by atoms with van der Waals surface area (Å²) in [5.74, 6) is -2.65. The number of thiazole rings is 1. The van der Waals surface area contributed by atoms with E-state index in [-0.39, 0.29) is 29.5 Å². The monoisotopic (exact) mass is 455 g/mol. The van der Waals surface area contributed by atoms with Crippen LogP contribution in [0.5, 0.6) is 5.75 Å². The van der Waals surface area contributed by atoms with Gasteiger partial charge in [-0.15, -0.1) is 11.3 Å². The van der Waals surface area contributed by atoms with Gasteiger partial charge in [-0.1, -0.05) is 12.1 Å². The number of nitrogens with zero attached hydrogens (tertiary/aromatic N) is 2. The van der Waals surface area contributed by atoms with Crippen molar-refractivity contribution in [2.24, 2.45) is 0 Å². The molecular weight excluding hydrogens is 439 g/mol. The number of rotatable bonds is 7. The number of pyridine rings is 1. The lowest BCUT2D eigenvalue weighted by molar-refractivity contribution is 0.0946. The molecule has 32 heavy (non-hydrogen) atoms. The fraction of sp³-hybridized carbons (Fsp3) is 0.0870. The minimum absolute atomic E-state index is 0.0471. The van der Waals surface area contributed by atoms with E-state index in [0.717, 1.165) is 29.0 Å². The number of halogens is 3. The molecule has 0 aliphatic rings. The van der Waals surface area contributed by atoms with Crippen LogP contribution in [0.4, 0.5) is 13.2 Å². The Balaban J connectivity index is 1.40. The zero-order chi connectivity index (χ0) is 22.5. The van der Waals surface area contributed by atoms with E-state index in [9.17, 15) is 18.0 Å². The van der Waals surface area contributed by atoms with Crippen LogP contribution in [0.25, 0.3) is 10.6 Å². The Morgan fingerprint density at radius 1 is 1.00 bits per heavy atom. The SMILES string of the molecule is O=C(NCc1cccnc1)c1csc(-c2ccc(OCc3ccc(F)c(F)c3)cc2F)n1. The van der Waals surface area contributed by atoms with Crippen molar-refractivity contribution in [2.45, 2.75) is 13.2 Å². The maximum atomic E-state index is 14.6. The fourth-order valence-corrected chi connectivity index (χ4v) is 3.66. The Hall–Kier alpha value is -3.72. The van der Waals surface area contributed by atoms with Crippen molar-refractivity contribution in [1.82, 2.24) is 15.3 Å². The Morgan fingerprint density at radius 2 is 1.88 bits per heavy atom. The van der Waals surface area contributed by atoms with Crippen LogP contribution in [0, 0.1) is 17.5 Å². The molecule has 0 fully saturated rings. The highest BCUT2D eigenvalue weighted by molar-refractivity contribution is 7.13. The predicted octanol–water partition coefficient (Wildman–Crippen LogP) is 5.13. The van der Waals surface area contributed by atoms with Gasteiger partial charge in [0.15, 0.2) is 11.6 Å². The van der Waals surface area contributed by atoms with Gasteiger partial charge in [-0.05, 0) is 41.5 Å². The summed E-state index contributed by atoms with van der Waals surface area (Å²) >= 11 is 1.14. The van der Waals surface area contributed by atoms with E-state index in [2.05, 4.69) is 15.3 Å². The number of ether oxygens (including phenoxy) is 1. The van der Waals surface area contributed by atoms with Crippen LogP contribution in [0.15, 0.2) is 66.3 Å². The third-order valence-corrected chi connectivity index (χ3v) is 5.35. The van der Waals surface area contributed by atoms with Gasteiger partial charge in [0.05, 0.1) is 0 Å². The fourth-order valence-electron chi connectivity index (χ4n) is 2.83. The molecule has 0 spiro atoms. The first-order valence-corrected chi connectivity index (χ1v) is 10.4. The Labute approximate surface area is 185 Å². The highest BCUT2D eigenvalue weighted by Gasteiger charge is 2.15. The normalized spacial score (nSPS) is 10.7. The quantitative estimate of drug-likeness (QED) is 0.420. The molecule has 2 aromatic carbocycles. The summed E-state index contributed by atoms with van der Waals surface area (Å²) in [6.07, 6.45) is 3.30. The molecule has 0 saturated carbocycles. The van der Waals surface area contributed by atoms with E-state index in [0.29, 0.717) is 17.1 Å². The molecule has 9 heteroatoms. The lowest BCUT2D eigenvalue weighted by Crippen LogP contribution is -2.23. The van der Waals surface area contributed by atoms with Crippen LogP contribution < -0.4 is 10.1 Å². The first kappa shape index (κ1) is 21.5. The summed E-state index contributed by atoms with van der Waals surface area (Å²) in [4.78, 5) is 20.5. The van der Waals surface area contributed by atoms with E-state index < -0.39 is 17.5 Å². The van der Waals surface area contributed by atoms with Gasteiger partial charge in [0, 0.05) is 35.9 Å². The largest absolute Gasteiger partial charge is 0.489 e. The van der Waals surface area contributed by atoms with Crippen molar-refractivity contribution in [3.8, 4) is 16.3 Å². The van der Waals surface area contributed by atoms with Gasteiger partial charge in [-0.2, -0.15) is 0 Å². The van der Waals surface area contributed by atoms with Gasteiger partial charge in [-0.25, -0.2) is 18.2 Å². The maximum Gasteiger partial charge on any atom is 0.271 e. The molecule has 0 radical (unpaired) electrons. The Kier molecular flexibility index (Phi) is 6.46. The average Bonchev–Trinajstić information content (AvgIpc) is 3.29. The van der Waals surface area contributed by atoms with Gasteiger partial charge in [0.2, 0.25) is 0 Å². The number of aromatic nitrogens is 2. The zero-order valence-corrected chi connectivity index (χ0v) is 17.3. The summed E-state index contributed by atoms with van der Waals surface area (Å²) in [6.45, 7) is 0.256. The molecule has 1 N–H and O–H groups in total. The van der Waals surface area contributed by atoms with Crippen LogP contribution in [-0.2, 0) is 13.2 Å². The minimum atomic E-state index is -0.975. The molecule has 5 nitrogen and oxygen atoms in total. The van der Waals surface area contributed by atoms with Crippen molar-refractivity contribution in [3.05, 3.63) is 101 Å². The third kappa shape index (κ3) is 5.12. The van der Waals surface area contributed by atoms with E-state index in [4.69, 9.17) is 4.74 Å². The Morgan fingerprint density at radius 3 is 2.62 bits per heavy atom. The number of benzene rings is 2. The molecule has 1 amide bonds. The molecule has 2 aromatic heterocycles. The average molecular weight is 455 g/mol. The molecule has 0 atom stereocenters. The Bertz CT molecular complexity index is 1250. The van der Waals surface area contributed by atoms with Crippen molar-refractivity contribution in [1.29, 1.82) is 0 Å². The predicted molar refractivity (Wildman–Crippen MR) is 114 cm³/mol. The molecule has 0 bridgehead atoms. The second-order valence-electron chi connectivity index (χ2n) is 6.76. The maximum absolute atomic E-state index is 14.6. The van der Waals surface area contributed by atoms with E-state index in [1.165, 1.54) is 18.2 Å². The van der Waals surface area contributed by atoms with E-state index in [1.54, 1.807) is 29.9 Å². The number of nitrogens with one attached hydrogen (secondary N) is 1. The molecule has 4 aromatic rings. The van der Waals surface area contributed by atoms with Crippen LogP contribution in [0.1, 0.15) is 21.6 Å². The third-order valence-electron chi connectivity index (χ3n) is 4.47. The molecule has 2 heterocycles. The van der Waals surface area contributed by atoms with E-state index >= 15 is 0 Å². The topological polar surface area (TPSA) is 64.1 Å². The highest BCUT2D eigenvalue weighted by Crippen LogP contribution is 2.29. The minimum Gasteiger partial charge on any atom is -0.489 e. The lowest BCUT2D eigenvalue weighted by atomic mass is 10.2. The molecule has 4 rings (SSSR count). The number of hydrogen-bond donors (Lipinski definition) is 1. The lowest BCUT2D eigenvalue weighted by Gasteiger charge is -2.08. The van der Waals surface area contributed by atoms with Gasteiger partial charge in [-0.3, -0.25) is 9.78 Å². The van der Waals surface area contributed by atoms with Crippen molar-refractivity contribution in [2.75, 3.05) is 0 Å². The molecule has 0 aliphatic carbocycles. The second-order valence-corrected chi connectivity index (χ2v) is 7.62. The standard InChI is InChI=1S/C23H16F3N3O2S/c24-18-6-3-14(8-20(18)26)12-31-16-4-5-17(19(25)9-16)23-29-21(13-32-23)22(30)28-11-15-2-1-7-27-10-15/h1-10,13H,11-12H2,(H,28,30). The van der Waals surface area contributed by atoms with Crippen LogP contribution in [0.2, 0.25) is 0 Å². The number of amides is 1. The summed E-state index contributed by atoms with van der Waals surface area (Å²) in [7, 11) is 0. The number of carbonyl (C=O) groups is 1. The molecule has 0 aliphatic heterocycles. The van der Waals surface area contributed by atoms with Crippen molar-refractivity contribution < 1.29 is 22.7 Å². The summed E-state index contributed by atoms with van der Waals surface area (Å²) in [5, 5.41) is 4.65. The molecular formula is C23H16F3N3O2S. The van der Waals surface area contributed by atoms with Crippen LogP contribution in [0.3, 0.4) is 0 Å². The van der Waals surface area contributed by atoms with E-state index in [1.807, 2.05) is 6.07 Å². The smallest absolute Gasteiger partial charge is 0.271 e. The van der Waals surface area contributed by atoms with Crippen molar-refractivity contribution >= 4 is 17.2 Å². The molecule has 0 unspecified atom stereocenters. The van der Waals surface area contributed by atoms with Crippen LogP contribution >= 0.6 is 11.3 Å². The summed E-state index contributed by atoms with van der Waals surface area (Å²) in [6, 6.07) is 11.2. The zero-order valence-electron chi connectivity index (χ0n) is 16.5. The number of hydrogen-bond acceptors (Lipinski definition) is 5. The van der Waals surface area contributed by atoms with Crippen LogP contribution in [-0.4, -0.2) is 15.9 Å².